The lowest BCUT2D eigenvalue weighted by molar-refractivity contribution is -0.139. The number of carbonyl (C=O) groups excluding carboxylic acids is 1. The Morgan fingerprint density at radius 1 is 1.29 bits per heavy atom. The van der Waals surface area contributed by atoms with Crippen LogP contribution in [0.2, 0.25) is 0 Å². The molecule has 6 heteroatoms. The average Bonchev–Trinajstić information content (AvgIpc) is 2.93. The van der Waals surface area contributed by atoms with Gasteiger partial charge in [-0.3, -0.25) is 0 Å². The topological polar surface area (TPSA) is 87.7 Å². The van der Waals surface area contributed by atoms with E-state index in [9.17, 15) is 14.7 Å². The zero-order chi connectivity index (χ0) is 15.2. The second-order valence-corrected chi connectivity index (χ2v) is 5.17. The van der Waals surface area contributed by atoms with Gasteiger partial charge in [-0.05, 0) is 24.8 Å². The summed E-state index contributed by atoms with van der Waals surface area (Å²) in [7, 11) is 1.66. The van der Waals surface area contributed by atoms with E-state index in [2.05, 4.69) is 10.6 Å². The lowest BCUT2D eigenvalue weighted by Gasteiger charge is -2.18. The van der Waals surface area contributed by atoms with Crippen molar-refractivity contribution in [2.24, 2.45) is 0 Å². The van der Waals surface area contributed by atoms with Gasteiger partial charge >= 0.3 is 12.0 Å². The van der Waals surface area contributed by atoms with Crippen LogP contribution in [0.1, 0.15) is 30.9 Å². The molecule has 0 saturated heterocycles. The van der Waals surface area contributed by atoms with Crippen molar-refractivity contribution in [1.82, 2.24) is 10.6 Å². The maximum absolute atomic E-state index is 12.0. The lowest BCUT2D eigenvalue weighted by Crippen LogP contribution is -2.44. The molecule has 1 aromatic carbocycles. The molecule has 0 spiro atoms. The van der Waals surface area contributed by atoms with Crippen LogP contribution < -0.4 is 10.6 Å². The minimum atomic E-state index is -1.09. The van der Waals surface area contributed by atoms with Crippen LogP contribution >= 0.6 is 0 Å². The van der Waals surface area contributed by atoms with Gasteiger partial charge in [-0.2, -0.15) is 0 Å². The number of carboxylic acid groups (broad SMARTS) is 1. The van der Waals surface area contributed by atoms with Crippen LogP contribution in [0, 0.1) is 0 Å². The Morgan fingerprint density at radius 3 is 2.57 bits per heavy atom. The maximum atomic E-state index is 12.0. The van der Waals surface area contributed by atoms with Crippen molar-refractivity contribution in [3.8, 4) is 0 Å². The van der Waals surface area contributed by atoms with E-state index in [0.29, 0.717) is 5.56 Å². The number of rotatable bonds is 5. The highest BCUT2D eigenvalue weighted by molar-refractivity contribution is 5.83. The van der Waals surface area contributed by atoms with Crippen LogP contribution in [0.3, 0.4) is 0 Å². The molecule has 2 unspecified atom stereocenters. The van der Waals surface area contributed by atoms with Gasteiger partial charge in [-0.15, -0.1) is 0 Å². The first-order valence-corrected chi connectivity index (χ1v) is 6.97. The van der Waals surface area contributed by atoms with Crippen molar-refractivity contribution in [3.05, 3.63) is 35.9 Å². The number of carbonyl (C=O) groups is 2. The number of amides is 2. The van der Waals surface area contributed by atoms with E-state index in [0.717, 1.165) is 19.3 Å². The number of ether oxygens (including phenoxy) is 1. The Bertz CT molecular complexity index is 492. The molecular formula is C15H20N2O4. The summed E-state index contributed by atoms with van der Waals surface area (Å²) >= 11 is 0. The summed E-state index contributed by atoms with van der Waals surface area (Å²) in [4.78, 5) is 23.3. The van der Waals surface area contributed by atoms with E-state index in [1.807, 2.05) is 0 Å². The number of hydrogen-bond acceptors (Lipinski definition) is 3. The highest BCUT2D eigenvalue weighted by Crippen LogP contribution is 2.21. The van der Waals surface area contributed by atoms with E-state index in [1.165, 1.54) is 0 Å². The molecule has 2 rings (SSSR count). The summed E-state index contributed by atoms with van der Waals surface area (Å²) < 4.78 is 5.25. The summed E-state index contributed by atoms with van der Waals surface area (Å²) in [5.74, 6) is -1.09. The van der Waals surface area contributed by atoms with Gasteiger partial charge in [0, 0.05) is 13.2 Å². The second kappa shape index (κ2) is 7.08. The molecule has 21 heavy (non-hydrogen) atoms. The van der Waals surface area contributed by atoms with Crippen LogP contribution in [0.25, 0.3) is 0 Å². The molecule has 6 nitrogen and oxygen atoms in total. The molecule has 1 aromatic rings. The number of benzene rings is 1. The summed E-state index contributed by atoms with van der Waals surface area (Å²) in [6.07, 6.45) is 2.67. The van der Waals surface area contributed by atoms with Gasteiger partial charge in [0.1, 0.15) is 0 Å². The Morgan fingerprint density at radius 2 is 2.00 bits per heavy atom. The smallest absolute Gasteiger partial charge is 0.330 e. The third kappa shape index (κ3) is 4.19. The van der Waals surface area contributed by atoms with Crippen molar-refractivity contribution < 1.29 is 19.4 Å². The normalized spacial score (nSPS) is 22.5. The molecule has 1 saturated carbocycles. The van der Waals surface area contributed by atoms with E-state index in [-0.39, 0.29) is 12.1 Å². The van der Waals surface area contributed by atoms with Gasteiger partial charge in [0.25, 0.3) is 0 Å². The Kier molecular flexibility index (Phi) is 5.16. The molecular weight excluding hydrogens is 272 g/mol. The van der Waals surface area contributed by atoms with Gasteiger partial charge in [0.2, 0.25) is 0 Å². The van der Waals surface area contributed by atoms with E-state index >= 15 is 0 Å². The van der Waals surface area contributed by atoms with Gasteiger partial charge < -0.3 is 20.5 Å². The number of methoxy groups -OCH3 is 1. The molecule has 3 N–H and O–H groups in total. The van der Waals surface area contributed by atoms with E-state index < -0.39 is 18.0 Å². The highest BCUT2D eigenvalue weighted by atomic mass is 16.5. The quantitative estimate of drug-likeness (QED) is 0.770. The maximum Gasteiger partial charge on any atom is 0.330 e. The molecule has 0 bridgehead atoms. The predicted octanol–water partition coefficient (Wildman–Crippen LogP) is 1.68. The van der Waals surface area contributed by atoms with Crippen molar-refractivity contribution in [1.29, 1.82) is 0 Å². The zero-order valence-corrected chi connectivity index (χ0v) is 11.9. The van der Waals surface area contributed by atoms with Gasteiger partial charge in [0.05, 0.1) is 6.10 Å². The third-order valence-corrected chi connectivity index (χ3v) is 3.71. The molecule has 114 valence electrons. The first-order chi connectivity index (χ1) is 10.1. The number of hydrogen-bond donors (Lipinski definition) is 3. The second-order valence-electron chi connectivity index (χ2n) is 5.17. The van der Waals surface area contributed by atoms with Crippen molar-refractivity contribution in [3.63, 3.8) is 0 Å². The van der Waals surface area contributed by atoms with Gasteiger partial charge in [-0.25, -0.2) is 9.59 Å². The molecule has 3 atom stereocenters. The Balaban J connectivity index is 1.92. The summed E-state index contributed by atoms with van der Waals surface area (Å²) in [6.45, 7) is 0. The van der Waals surface area contributed by atoms with Crippen molar-refractivity contribution in [2.45, 2.75) is 37.5 Å². The summed E-state index contributed by atoms with van der Waals surface area (Å²) in [5, 5.41) is 14.6. The lowest BCUT2D eigenvalue weighted by atomic mass is 10.1. The average molecular weight is 292 g/mol. The van der Waals surface area contributed by atoms with Crippen LogP contribution in [-0.4, -0.2) is 36.4 Å². The minimum Gasteiger partial charge on any atom is -0.479 e. The zero-order valence-electron chi connectivity index (χ0n) is 11.9. The largest absolute Gasteiger partial charge is 0.479 e. The molecule has 1 aliphatic rings. The Labute approximate surface area is 123 Å². The standard InChI is InChI=1S/C15H20N2O4/c1-21-12-8-7-11(9-12)16-15(20)17-13(14(18)19)10-5-3-2-4-6-10/h2-6,11-13H,7-9H2,1H3,(H,18,19)(H2,16,17,20)/t11?,12?,13-/m0/s1. The first kappa shape index (κ1) is 15.3. The van der Waals surface area contributed by atoms with E-state index in [4.69, 9.17) is 4.74 Å². The fourth-order valence-corrected chi connectivity index (χ4v) is 2.58. The first-order valence-electron chi connectivity index (χ1n) is 6.97. The molecule has 0 aromatic heterocycles. The van der Waals surface area contributed by atoms with Crippen molar-refractivity contribution in [2.75, 3.05) is 7.11 Å². The van der Waals surface area contributed by atoms with Crippen LogP contribution in [0.4, 0.5) is 4.79 Å². The summed E-state index contributed by atoms with van der Waals surface area (Å²) in [6, 6.07) is 7.15. The summed E-state index contributed by atoms with van der Waals surface area (Å²) in [5.41, 5.74) is 0.543. The number of urea groups is 1. The van der Waals surface area contributed by atoms with Gasteiger partial charge in [-0.1, -0.05) is 30.3 Å². The van der Waals surface area contributed by atoms with Crippen LogP contribution in [0.15, 0.2) is 30.3 Å². The molecule has 2 amide bonds. The molecule has 0 radical (unpaired) electrons. The van der Waals surface area contributed by atoms with Gasteiger partial charge in [0.15, 0.2) is 6.04 Å². The Hall–Kier alpha value is -2.08. The minimum absolute atomic E-state index is 0.0279. The fourth-order valence-electron chi connectivity index (χ4n) is 2.58. The molecule has 1 aliphatic carbocycles. The monoisotopic (exact) mass is 292 g/mol. The molecule has 0 aliphatic heterocycles. The molecule has 0 heterocycles. The van der Waals surface area contributed by atoms with Crippen LogP contribution in [0.5, 0.6) is 0 Å². The third-order valence-electron chi connectivity index (χ3n) is 3.71. The SMILES string of the molecule is COC1CCC(NC(=O)N[C@H](C(=O)O)c2ccccc2)C1. The molecule has 1 fully saturated rings. The fraction of sp³-hybridized carbons (Fsp3) is 0.467. The number of carboxylic acids is 1. The number of nitrogens with one attached hydrogen (secondary N) is 2. The number of aliphatic carboxylic acids is 1. The van der Waals surface area contributed by atoms with Crippen LogP contribution in [-0.2, 0) is 9.53 Å². The highest BCUT2D eigenvalue weighted by Gasteiger charge is 2.27. The van der Waals surface area contributed by atoms with E-state index in [1.54, 1.807) is 37.4 Å². The predicted molar refractivity (Wildman–Crippen MR) is 76.9 cm³/mol. The van der Waals surface area contributed by atoms with Crippen molar-refractivity contribution >= 4 is 12.0 Å².